The lowest BCUT2D eigenvalue weighted by Crippen LogP contribution is -2.26. The van der Waals surface area contributed by atoms with E-state index in [2.05, 4.69) is 10.3 Å². The van der Waals surface area contributed by atoms with Crippen molar-refractivity contribution in [1.82, 2.24) is 0 Å². The van der Waals surface area contributed by atoms with Crippen LogP contribution in [-0.2, 0) is 14.4 Å². The van der Waals surface area contributed by atoms with Crippen molar-refractivity contribution in [2.24, 2.45) is 10.3 Å². The standard InChI is InChI=1S/C12H12N2O4/c1-16-13-11(12-14-18-7-6-17-12)10-5-3-2-4-9(10)8-15/h2-5,8H,6-7H2,1H3/b13-11+. The minimum absolute atomic E-state index is 0.206. The molecule has 1 aliphatic heterocycles. The van der Waals surface area contributed by atoms with Gasteiger partial charge in [0.15, 0.2) is 18.6 Å². The molecule has 0 aromatic heterocycles. The van der Waals surface area contributed by atoms with Crippen molar-refractivity contribution in [1.29, 1.82) is 0 Å². The highest BCUT2D eigenvalue weighted by Crippen LogP contribution is 2.12. The maximum absolute atomic E-state index is 11.0. The van der Waals surface area contributed by atoms with Crippen molar-refractivity contribution >= 4 is 17.9 Å². The Hall–Kier alpha value is -2.37. The summed E-state index contributed by atoms with van der Waals surface area (Å²) in [4.78, 5) is 20.7. The van der Waals surface area contributed by atoms with Crippen LogP contribution in [0.15, 0.2) is 34.6 Å². The molecule has 1 aliphatic rings. The molecule has 6 heteroatoms. The zero-order valence-corrected chi connectivity index (χ0v) is 9.83. The van der Waals surface area contributed by atoms with Gasteiger partial charge in [-0.3, -0.25) is 4.79 Å². The third-order valence-corrected chi connectivity index (χ3v) is 2.29. The van der Waals surface area contributed by atoms with Crippen LogP contribution in [0, 0.1) is 0 Å². The number of oxime groups is 2. The molecule has 1 aromatic carbocycles. The second kappa shape index (κ2) is 5.81. The molecule has 2 rings (SSSR count). The number of carbonyl (C=O) groups excluding carboxylic acids is 1. The van der Waals surface area contributed by atoms with Gasteiger partial charge in [0.05, 0.1) is 0 Å². The van der Waals surface area contributed by atoms with Gasteiger partial charge in [-0.15, -0.1) is 0 Å². The van der Waals surface area contributed by atoms with Crippen LogP contribution in [0.5, 0.6) is 0 Å². The van der Waals surface area contributed by atoms with Gasteiger partial charge in [-0.2, -0.15) is 0 Å². The van der Waals surface area contributed by atoms with Crippen molar-refractivity contribution in [3.05, 3.63) is 35.4 Å². The Kier molecular flexibility index (Phi) is 3.90. The lowest BCUT2D eigenvalue weighted by atomic mass is 10.0. The molecular formula is C12H12N2O4. The molecular weight excluding hydrogens is 236 g/mol. The Balaban J connectivity index is 2.44. The summed E-state index contributed by atoms with van der Waals surface area (Å²) in [5.74, 6) is 0.206. The molecule has 0 fully saturated rings. The predicted molar refractivity (Wildman–Crippen MR) is 64.7 cm³/mol. The second-order valence-corrected chi connectivity index (χ2v) is 3.41. The van der Waals surface area contributed by atoms with Crippen LogP contribution in [0.2, 0.25) is 0 Å². The molecule has 0 bridgehead atoms. The SMILES string of the molecule is CO/N=C(/C1=NOCCO1)c1ccccc1C=O. The highest BCUT2D eigenvalue weighted by Gasteiger charge is 2.20. The average Bonchev–Trinajstić information content (AvgIpc) is 2.46. The molecule has 0 N–H and O–H groups in total. The summed E-state index contributed by atoms with van der Waals surface area (Å²) in [5.41, 5.74) is 1.39. The van der Waals surface area contributed by atoms with E-state index in [0.29, 0.717) is 30.1 Å². The molecule has 1 aromatic rings. The van der Waals surface area contributed by atoms with Crippen molar-refractivity contribution in [3.8, 4) is 0 Å². The monoisotopic (exact) mass is 248 g/mol. The maximum atomic E-state index is 11.0. The molecule has 18 heavy (non-hydrogen) atoms. The number of ether oxygens (including phenoxy) is 1. The Labute approximate surface area is 104 Å². The molecule has 0 aliphatic carbocycles. The number of nitrogens with zero attached hydrogens (tertiary/aromatic N) is 2. The Morgan fingerprint density at radius 3 is 2.94 bits per heavy atom. The topological polar surface area (TPSA) is 69.5 Å². The minimum atomic E-state index is 0.206. The average molecular weight is 248 g/mol. The van der Waals surface area contributed by atoms with E-state index < -0.39 is 0 Å². The van der Waals surface area contributed by atoms with Gasteiger partial charge in [0.25, 0.3) is 5.90 Å². The number of carbonyl (C=O) groups is 1. The molecule has 0 unspecified atom stereocenters. The fraction of sp³-hybridized carbons (Fsp3) is 0.250. The first-order valence-corrected chi connectivity index (χ1v) is 5.35. The van der Waals surface area contributed by atoms with Gasteiger partial charge in [0.1, 0.15) is 13.7 Å². The predicted octanol–water partition coefficient (Wildman–Crippen LogP) is 1.21. The fourth-order valence-electron chi connectivity index (χ4n) is 1.53. The third-order valence-electron chi connectivity index (χ3n) is 2.29. The van der Waals surface area contributed by atoms with E-state index in [-0.39, 0.29) is 5.90 Å². The van der Waals surface area contributed by atoms with E-state index in [1.165, 1.54) is 7.11 Å². The summed E-state index contributed by atoms with van der Waals surface area (Å²) in [6.45, 7) is 0.768. The molecule has 0 amide bonds. The lowest BCUT2D eigenvalue weighted by molar-refractivity contribution is 0.0672. The first-order valence-electron chi connectivity index (χ1n) is 5.35. The van der Waals surface area contributed by atoms with Crippen molar-refractivity contribution in [2.45, 2.75) is 0 Å². The van der Waals surface area contributed by atoms with Crippen LogP contribution in [0.1, 0.15) is 15.9 Å². The number of rotatable bonds is 4. The summed E-state index contributed by atoms with van der Waals surface area (Å²) in [6, 6.07) is 6.97. The summed E-state index contributed by atoms with van der Waals surface area (Å²) >= 11 is 0. The fourth-order valence-corrected chi connectivity index (χ4v) is 1.53. The van der Waals surface area contributed by atoms with Crippen molar-refractivity contribution in [2.75, 3.05) is 20.3 Å². The zero-order chi connectivity index (χ0) is 12.8. The molecule has 94 valence electrons. The van der Waals surface area contributed by atoms with Gasteiger partial charge in [0, 0.05) is 11.1 Å². The maximum Gasteiger partial charge on any atom is 0.280 e. The van der Waals surface area contributed by atoms with E-state index in [9.17, 15) is 4.79 Å². The van der Waals surface area contributed by atoms with Gasteiger partial charge >= 0.3 is 0 Å². The molecule has 0 saturated carbocycles. The quantitative estimate of drug-likeness (QED) is 0.456. The number of hydrogen-bond acceptors (Lipinski definition) is 6. The highest BCUT2D eigenvalue weighted by molar-refractivity contribution is 6.46. The molecule has 0 radical (unpaired) electrons. The van der Waals surface area contributed by atoms with E-state index >= 15 is 0 Å². The van der Waals surface area contributed by atoms with E-state index in [1.807, 2.05) is 0 Å². The van der Waals surface area contributed by atoms with Crippen molar-refractivity contribution in [3.63, 3.8) is 0 Å². The van der Waals surface area contributed by atoms with Gasteiger partial charge < -0.3 is 14.4 Å². The van der Waals surface area contributed by atoms with Gasteiger partial charge in [-0.1, -0.05) is 29.4 Å². The van der Waals surface area contributed by atoms with Crippen LogP contribution in [0.4, 0.5) is 0 Å². The number of benzene rings is 1. The van der Waals surface area contributed by atoms with E-state index in [4.69, 9.17) is 14.4 Å². The summed E-state index contributed by atoms with van der Waals surface area (Å²) in [5, 5.41) is 7.62. The summed E-state index contributed by atoms with van der Waals surface area (Å²) < 4.78 is 5.34. The van der Waals surface area contributed by atoms with Gasteiger partial charge in [-0.25, -0.2) is 0 Å². The second-order valence-electron chi connectivity index (χ2n) is 3.41. The molecule has 0 saturated heterocycles. The van der Waals surface area contributed by atoms with E-state index in [1.54, 1.807) is 24.3 Å². The normalized spacial score (nSPS) is 15.2. The Morgan fingerprint density at radius 2 is 2.28 bits per heavy atom. The zero-order valence-electron chi connectivity index (χ0n) is 9.83. The molecule has 1 heterocycles. The van der Waals surface area contributed by atoms with Gasteiger partial charge in [-0.05, 0) is 5.16 Å². The van der Waals surface area contributed by atoms with Crippen molar-refractivity contribution < 1.29 is 19.2 Å². The largest absolute Gasteiger partial charge is 0.470 e. The lowest BCUT2D eigenvalue weighted by Gasteiger charge is -2.15. The Morgan fingerprint density at radius 1 is 1.44 bits per heavy atom. The van der Waals surface area contributed by atoms with Crippen LogP contribution in [0.3, 0.4) is 0 Å². The van der Waals surface area contributed by atoms with E-state index in [0.717, 1.165) is 6.29 Å². The van der Waals surface area contributed by atoms with Crippen LogP contribution < -0.4 is 0 Å². The third kappa shape index (κ3) is 2.48. The first-order chi connectivity index (χ1) is 8.86. The highest BCUT2D eigenvalue weighted by atomic mass is 16.7. The molecule has 6 nitrogen and oxygen atoms in total. The summed E-state index contributed by atoms with van der Waals surface area (Å²) in [7, 11) is 1.41. The van der Waals surface area contributed by atoms with Crippen LogP contribution >= 0.6 is 0 Å². The van der Waals surface area contributed by atoms with Gasteiger partial charge in [0.2, 0.25) is 0 Å². The minimum Gasteiger partial charge on any atom is -0.470 e. The summed E-state index contributed by atoms with van der Waals surface area (Å²) in [6.07, 6.45) is 0.741. The number of aldehydes is 1. The Bertz CT molecular complexity index is 497. The van der Waals surface area contributed by atoms with Crippen LogP contribution in [-0.4, -0.2) is 38.2 Å². The first kappa shape index (κ1) is 12.1. The molecule has 0 spiro atoms. The smallest absolute Gasteiger partial charge is 0.280 e. The number of hydrogen-bond donors (Lipinski definition) is 0. The van der Waals surface area contributed by atoms with Crippen LogP contribution in [0.25, 0.3) is 0 Å². The molecule has 0 atom stereocenters.